The van der Waals surface area contributed by atoms with Crippen LogP contribution in [0.25, 0.3) is 0 Å². The molecule has 0 bridgehead atoms. The van der Waals surface area contributed by atoms with E-state index in [-0.39, 0.29) is 11.4 Å². The molecule has 0 saturated carbocycles. The van der Waals surface area contributed by atoms with Crippen LogP contribution < -0.4 is 0 Å². The third-order valence-electron chi connectivity index (χ3n) is 1.77. The molecule has 0 rings (SSSR count). The molecule has 0 aliphatic rings. The van der Waals surface area contributed by atoms with Crippen molar-refractivity contribution in [3.63, 3.8) is 0 Å². The molecule has 0 fully saturated rings. The van der Waals surface area contributed by atoms with Crippen LogP contribution in [0.4, 0.5) is 0 Å². The SMILES string of the molecule is CCC(C(C)=O)=C(C)C(=O)OC(C)=O. The van der Waals surface area contributed by atoms with E-state index in [0.29, 0.717) is 12.0 Å². The number of carbonyl (C=O) groups is 3. The number of Topliss-reactive ketones (excluding diaryl/α,β-unsaturated/α-hetero) is 1. The van der Waals surface area contributed by atoms with Gasteiger partial charge in [-0.15, -0.1) is 0 Å². The number of carbonyl (C=O) groups excluding carboxylic acids is 3. The highest BCUT2D eigenvalue weighted by atomic mass is 16.6. The van der Waals surface area contributed by atoms with Gasteiger partial charge < -0.3 is 4.74 Å². The fourth-order valence-corrected chi connectivity index (χ4v) is 1.11. The Hall–Kier alpha value is -1.45. The second-order valence-corrected chi connectivity index (χ2v) is 2.89. The van der Waals surface area contributed by atoms with E-state index in [2.05, 4.69) is 4.74 Å². The van der Waals surface area contributed by atoms with Crippen molar-refractivity contribution < 1.29 is 19.1 Å². The normalized spacial score (nSPS) is 11.7. The van der Waals surface area contributed by atoms with Crippen molar-refractivity contribution in [3.8, 4) is 0 Å². The van der Waals surface area contributed by atoms with Crippen molar-refractivity contribution in [3.05, 3.63) is 11.1 Å². The molecule has 0 aromatic rings. The van der Waals surface area contributed by atoms with E-state index < -0.39 is 11.9 Å². The molecule has 78 valence electrons. The molecule has 0 amide bonds. The summed E-state index contributed by atoms with van der Waals surface area (Å²) in [5.74, 6) is -1.59. The summed E-state index contributed by atoms with van der Waals surface area (Å²) in [5, 5.41) is 0. The highest BCUT2D eigenvalue weighted by Gasteiger charge is 2.15. The minimum absolute atomic E-state index is 0.175. The summed E-state index contributed by atoms with van der Waals surface area (Å²) in [4.78, 5) is 32.8. The molecule has 0 aromatic carbocycles. The molecule has 14 heavy (non-hydrogen) atoms. The average Bonchev–Trinajstić information content (AvgIpc) is 2.03. The number of hydrogen-bond donors (Lipinski definition) is 0. The van der Waals surface area contributed by atoms with Crippen LogP contribution in [0.15, 0.2) is 11.1 Å². The highest BCUT2D eigenvalue weighted by Crippen LogP contribution is 2.11. The Balaban J connectivity index is 4.86. The van der Waals surface area contributed by atoms with Crippen molar-refractivity contribution in [1.29, 1.82) is 0 Å². The smallest absolute Gasteiger partial charge is 0.341 e. The topological polar surface area (TPSA) is 60.4 Å². The van der Waals surface area contributed by atoms with Crippen molar-refractivity contribution in [2.75, 3.05) is 0 Å². The lowest BCUT2D eigenvalue weighted by Crippen LogP contribution is -2.13. The predicted octanol–water partition coefficient (Wildman–Crippen LogP) is 1.39. The van der Waals surface area contributed by atoms with E-state index >= 15 is 0 Å². The van der Waals surface area contributed by atoms with Crippen LogP contribution in [0.2, 0.25) is 0 Å². The van der Waals surface area contributed by atoms with Crippen LogP contribution in [0.3, 0.4) is 0 Å². The van der Waals surface area contributed by atoms with Crippen molar-refractivity contribution in [2.24, 2.45) is 0 Å². The Morgan fingerprint density at radius 1 is 1.07 bits per heavy atom. The monoisotopic (exact) mass is 198 g/mol. The van der Waals surface area contributed by atoms with Crippen molar-refractivity contribution in [1.82, 2.24) is 0 Å². The number of ketones is 1. The maximum absolute atomic E-state index is 11.2. The van der Waals surface area contributed by atoms with Crippen LogP contribution in [0.5, 0.6) is 0 Å². The first-order chi connectivity index (χ1) is 6.40. The molecule has 0 spiro atoms. The minimum atomic E-state index is -0.746. The number of hydrogen-bond acceptors (Lipinski definition) is 4. The van der Waals surface area contributed by atoms with Gasteiger partial charge in [0, 0.05) is 18.1 Å². The number of rotatable bonds is 3. The summed E-state index contributed by atoms with van der Waals surface area (Å²) in [6.45, 7) is 5.76. The first kappa shape index (κ1) is 12.6. The summed E-state index contributed by atoms with van der Waals surface area (Å²) in [5.41, 5.74) is 0.603. The van der Waals surface area contributed by atoms with Gasteiger partial charge in [-0.05, 0) is 20.3 Å². The maximum Gasteiger partial charge on any atom is 0.341 e. The van der Waals surface area contributed by atoms with Crippen LogP contribution in [0.1, 0.15) is 34.1 Å². The third-order valence-corrected chi connectivity index (χ3v) is 1.77. The Labute approximate surface area is 82.9 Å². The quantitative estimate of drug-likeness (QED) is 0.390. The summed E-state index contributed by atoms with van der Waals surface area (Å²) >= 11 is 0. The van der Waals surface area contributed by atoms with Gasteiger partial charge in [-0.25, -0.2) is 4.79 Å². The largest absolute Gasteiger partial charge is 0.390 e. The molecule has 0 saturated heterocycles. The lowest BCUT2D eigenvalue weighted by molar-refractivity contribution is -0.155. The van der Waals surface area contributed by atoms with E-state index in [1.165, 1.54) is 13.8 Å². The third kappa shape index (κ3) is 3.51. The van der Waals surface area contributed by atoms with E-state index in [4.69, 9.17) is 0 Å². The summed E-state index contributed by atoms with van der Waals surface area (Å²) in [7, 11) is 0. The van der Waals surface area contributed by atoms with E-state index in [1.54, 1.807) is 6.92 Å². The summed E-state index contributed by atoms with van der Waals surface area (Å²) in [6.07, 6.45) is 0.453. The standard InChI is InChI=1S/C10H14O4/c1-5-9(7(3)11)6(2)10(13)14-8(4)12/h5H2,1-4H3. The van der Waals surface area contributed by atoms with Gasteiger partial charge >= 0.3 is 11.9 Å². The molecule has 0 aliphatic heterocycles. The summed E-state index contributed by atoms with van der Waals surface area (Å²) < 4.78 is 4.36. The molecule has 0 aliphatic carbocycles. The van der Waals surface area contributed by atoms with E-state index in [0.717, 1.165) is 6.92 Å². The van der Waals surface area contributed by atoms with Gasteiger partial charge in [0.1, 0.15) is 0 Å². The fourth-order valence-electron chi connectivity index (χ4n) is 1.11. The van der Waals surface area contributed by atoms with E-state index in [1.807, 2.05) is 0 Å². The molecule has 0 atom stereocenters. The lowest BCUT2D eigenvalue weighted by Gasteiger charge is -2.05. The van der Waals surface area contributed by atoms with Crippen LogP contribution >= 0.6 is 0 Å². The number of allylic oxidation sites excluding steroid dienone is 1. The van der Waals surface area contributed by atoms with Crippen LogP contribution in [0, 0.1) is 0 Å². The fraction of sp³-hybridized carbons (Fsp3) is 0.500. The highest BCUT2D eigenvalue weighted by molar-refractivity contribution is 6.04. The van der Waals surface area contributed by atoms with Gasteiger partial charge in [0.25, 0.3) is 0 Å². The van der Waals surface area contributed by atoms with Crippen LogP contribution in [-0.4, -0.2) is 17.7 Å². The second-order valence-electron chi connectivity index (χ2n) is 2.89. The van der Waals surface area contributed by atoms with E-state index in [9.17, 15) is 14.4 Å². The van der Waals surface area contributed by atoms with Gasteiger partial charge in [0.15, 0.2) is 5.78 Å². The maximum atomic E-state index is 11.2. The Morgan fingerprint density at radius 2 is 1.57 bits per heavy atom. The molecule has 0 unspecified atom stereocenters. The average molecular weight is 198 g/mol. The molecule has 0 radical (unpaired) electrons. The zero-order chi connectivity index (χ0) is 11.3. The second kappa shape index (κ2) is 5.32. The summed E-state index contributed by atoms with van der Waals surface area (Å²) in [6, 6.07) is 0. The van der Waals surface area contributed by atoms with Crippen molar-refractivity contribution in [2.45, 2.75) is 34.1 Å². The Bertz CT molecular complexity index is 299. The number of esters is 2. The molecule has 0 N–H and O–H groups in total. The van der Waals surface area contributed by atoms with Crippen molar-refractivity contribution >= 4 is 17.7 Å². The minimum Gasteiger partial charge on any atom is -0.390 e. The Morgan fingerprint density at radius 3 is 1.86 bits per heavy atom. The van der Waals surface area contributed by atoms with Crippen LogP contribution in [-0.2, 0) is 19.1 Å². The number of ether oxygens (including phenoxy) is 1. The zero-order valence-corrected chi connectivity index (χ0v) is 8.84. The first-order valence-electron chi connectivity index (χ1n) is 4.33. The van der Waals surface area contributed by atoms with Gasteiger partial charge in [-0.3, -0.25) is 9.59 Å². The molecular formula is C10H14O4. The first-order valence-corrected chi connectivity index (χ1v) is 4.33. The molecule has 4 heteroatoms. The van der Waals surface area contributed by atoms with Gasteiger partial charge in [0.2, 0.25) is 0 Å². The molecular weight excluding hydrogens is 184 g/mol. The molecule has 0 aromatic heterocycles. The lowest BCUT2D eigenvalue weighted by atomic mass is 10.0. The zero-order valence-electron chi connectivity index (χ0n) is 8.84. The van der Waals surface area contributed by atoms with Gasteiger partial charge in [-0.1, -0.05) is 6.92 Å². The Kier molecular flexibility index (Phi) is 4.77. The van der Waals surface area contributed by atoms with Gasteiger partial charge in [-0.2, -0.15) is 0 Å². The molecule has 4 nitrogen and oxygen atoms in total. The molecule has 0 heterocycles. The van der Waals surface area contributed by atoms with Gasteiger partial charge in [0.05, 0.1) is 0 Å². The predicted molar refractivity (Wildman–Crippen MR) is 50.4 cm³/mol.